The Hall–Kier alpha value is -0.700. The van der Waals surface area contributed by atoms with Crippen LogP contribution in [-0.4, -0.2) is 24.8 Å². The molecule has 0 bridgehead atoms. The number of nitrogens with one attached hydrogen (secondary N) is 2. The third kappa shape index (κ3) is 1.93. The lowest BCUT2D eigenvalue weighted by Gasteiger charge is -2.13. The maximum absolute atomic E-state index is 3.22. The van der Waals surface area contributed by atoms with Gasteiger partial charge in [0.1, 0.15) is 0 Å². The Morgan fingerprint density at radius 3 is 3.22 bits per heavy atom. The fourth-order valence-corrected chi connectivity index (χ4v) is 0.745. The third-order valence-corrected chi connectivity index (χ3v) is 1.26. The van der Waals surface area contributed by atoms with Gasteiger partial charge in [0.15, 0.2) is 0 Å². The van der Waals surface area contributed by atoms with Gasteiger partial charge in [-0.15, -0.1) is 0 Å². The molecule has 0 atom stereocenters. The van der Waals surface area contributed by atoms with Gasteiger partial charge in [0, 0.05) is 12.4 Å². The van der Waals surface area contributed by atoms with Crippen LogP contribution in [0.5, 0.6) is 0 Å². The zero-order valence-electron chi connectivity index (χ0n) is 5.72. The average molecular weight is 127 g/mol. The van der Waals surface area contributed by atoms with Gasteiger partial charge in [-0.3, -0.25) is 0 Å². The summed E-state index contributed by atoms with van der Waals surface area (Å²) in [6, 6.07) is 0. The van der Waals surface area contributed by atoms with Crippen LogP contribution in [0.25, 0.3) is 0 Å². The Balaban J connectivity index is 2.05. The van der Waals surface area contributed by atoms with Crippen LogP contribution in [0.1, 0.15) is 6.92 Å². The molecule has 3 nitrogen and oxygen atoms in total. The van der Waals surface area contributed by atoms with Crippen molar-refractivity contribution in [2.75, 3.05) is 19.9 Å². The summed E-state index contributed by atoms with van der Waals surface area (Å²) in [5.74, 6) is 0. The maximum atomic E-state index is 3.22. The molecule has 0 fully saturated rings. The SMILES string of the molecule is CCNCN1C=CNC1. The van der Waals surface area contributed by atoms with Gasteiger partial charge in [-0.25, -0.2) is 0 Å². The van der Waals surface area contributed by atoms with Crippen LogP contribution in [0.4, 0.5) is 0 Å². The Bertz CT molecular complexity index is 100. The summed E-state index contributed by atoms with van der Waals surface area (Å²) in [7, 11) is 0. The minimum Gasteiger partial charge on any atom is -0.372 e. The Morgan fingerprint density at radius 2 is 2.67 bits per heavy atom. The van der Waals surface area contributed by atoms with Crippen LogP contribution >= 0.6 is 0 Å². The number of rotatable bonds is 3. The first-order valence-electron chi connectivity index (χ1n) is 3.28. The van der Waals surface area contributed by atoms with E-state index in [4.69, 9.17) is 0 Å². The molecule has 2 N–H and O–H groups in total. The van der Waals surface area contributed by atoms with E-state index >= 15 is 0 Å². The summed E-state index contributed by atoms with van der Waals surface area (Å²) in [4.78, 5) is 2.17. The molecule has 0 spiro atoms. The smallest absolute Gasteiger partial charge is 0.0879 e. The predicted molar refractivity (Wildman–Crippen MR) is 37.5 cm³/mol. The molecular weight excluding hydrogens is 114 g/mol. The van der Waals surface area contributed by atoms with Crippen LogP contribution in [0, 0.1) is 0 Å². The van der Waals surface area contributed by atoms with Crippen LogP contribution in [0.15, 0.2) is 12.4 Å². The molecule has 0 saturated carbocycles. The number of hydrogen-bond acceptors (Lipinski definition) is 3. The highest BCUT2D eigenvalue weighted by Gasteiger charge is 1.99. The molecule has 0 aliphatic carbocycles. The van der Waals surface area contributed by atoms with Crippen molar-refractivity contribution in [3.8, 4) is 0 Å². The molecule has 0 saturated heterocycles. The second kappa shape index (κ2) is 3.35. The average Bonchev–Trinajstić information content (AvgIpc) is 2.34. The van der Waals surface area contributed by atoms with Gasteiger partial charge in [0.2, 0.25) is 0 Å². The Labute approximate surface area is 55.7 Å². The second-order valence-corrected chi connectivity index (χ2v) is 2.03. The van der Waals surface area contributed by atoms with Crippen molar-refractivity contribution in [2.24, 2.45) is 0 Å². The summed E-state index contributed by atoms with van der Waals surface area (Å²) in [6.45, 7) is 5.02. The largest absolute Gasteiger partial charge is 0.372 e. The fourth-order valence-electron chi connectivity index (χ4n) is 0.745. The third-order valence-electron chi connectivity index (χ3n) is 1.26. The lowest BCUT2D eigenvalue weighted by Crippen LogP contribution is -2.31. The van der Waals surface area contributed by atoms with Gasteiger partial charge in [0.05, 0.1) is 13.3 Å². The first-order valence-corrected chi connectivity index (χ1v) is 3.28. The highest BCUT2D eigenvalue weighted by atomic mass is 15.3. The minimum absolute atomic E-state index is 0.938. The topological polar surface area (TPSA) is 27.3 Å². The highest BCUT2D eigenvalue weighted by Crippen LogP contribution is 1.89. The zero-order valence-corrected chi connectivity index (χ0v) is 5.72. The first-order chi connectivity index (χ1) is 4.43. The standard InChI is InChI=1S/C6H13N3/c1-2-7-5-9-4-3-8-6-9/h3-4,7-8H,2,5-6H2,1H3. The fraction of sp³-hybridized carbons (Fsp3) is 0.667. The van der Waals surface area contributed by atoms with Crippen LogP contribution in [-0.2, 0) is 0 Å². The van der Waals surface area contributed by atoms with Crippen molar-refractivity contribution >= 4 is 0 Å². The normalized spacial score (nSPS) is 16.3. The van der Waals surface area contributed by atoms with E-state index in [-0.39, 0.29) is 0 Å². The summed E-state index contributed by atoms with van der Waals surface area (Å²) < 4.78 is 0. The number of nitrogens with zero attached hydrogens (tertiary/aromatic N) is 1. The molecule has 0 unspecified atom stereocenters. The van der Waals surface area contributed by atoms with Gasteiger partial charge in [-0.05, 0) is 6.54 Å². The van der Waals surface area contributed by atoms with Crippen molar-refractivity contribution in [3.05, 3.63) is 12.4 Å². The Kier molecular flexibility index (Phi) is 2.39. The molecule has 0 radical (unpaired) electrons. The zero-order chi connectivity index (χ0) is 6.53. The minimum atomic E-state index is 0.938. The highest BCUT2D eigenvalue weighted by molar-refractivity contribution is 4.86. The van der Waals surface area contributed by atoms with Crippen LogP contribution in [0.2, 0.25) is 0 Å². The number of hydrogen-bond donors (Lipinski definition) is 2. The molecule has 0 aromatic heterocycles. The van der Waals surface area contributed by atoms with Crippen LogP contribution < -0.4 is 10.6 Å². The van der Waals surface area contributed by atoms with E-state index in [0.29, 0.717) is 0 Å². The van der Waals surface area contributed by atoms with E-state index in [1.807, 2.05) is 12.4 Å². The van der Waals surface area contributed by atoms with E-state index in [0.717, 1.165) is 19.9 Å². The molecule has 1 aliphatic rings. The van der Waals surface area contributed by atoms with Gasteiger partial charge >= 0.3 is 0 Å². The van der Waals surface area contributed by atoms with Crippen molar-refractivity contribution in [1.82, 2.24) is 15.5 Å². The summed E-state index contributed by atoms with van der Waals surface area (Å²) in [6.07, 6.45) is 4.00. The van der Waals surface area contributed by atoms with E-state index in [1.54, 1.807) is 0 Å². The second-order valence-electron chi connectivity index (χ2n) is 2.03. The molecule has 1 heterocycles. The van der Waals surface area contributed by atoms with Crippen molar-refractivity contribution in [3.63, 3.8) is 0 Å². The van der Waals surface area contributed by atoms with Gasteiger partial charge in [-0.1, -0.05) is 6.92 Å². The Morgan fingerprint density at radius 1 is 1.78 bits per heavy atom. The van der Waals surface area contributed by atoms with Gasteiger partial charge < -0.3 is 15.5 Å². The van der Waals surface area contributed by atoms with E-state index in [9.17, 15) is 0 Å². The van der Waals surface area contributed by atoms with E-state index < -0.39 is 0 Å². The predicted octanol–water partition coefficient (Wildman–Crippen LogP) is -0.113. The quantitative estimate of drug-likeness (QED) is 0.554. The molecule has 0 amide bonds. The summed E-state index contributed by atoms with van der Waals surface area (Å²) in [5, 5.41) is 6.31. The molecule has 52 valence electrons. The first kappa shape index (κ1) is 6.42. The molecule has 0 aromatic rings. The van der Waals surface area contributed by atoms with E-state index in [2.05, 4.69) is 22.5 Å². The van der Waals surface area contributed by atoms with E-state index in [1.165, 1.54) is 0 Å². The van der Waals surface area contributed by atoms with Crippen molar-refractivity contribution < 1.29 is 0 Å². The van der Waals surface area contributed by atoms with Crippen LogP contribution in [0.3, 0.4) is 0 Å². The van der Waals surface area contributed by atoms with Gasteiger partial charge in [-0.2, -0.15) is 0 Å². The maximum Gasteiger partial charge on any atom is 0.0879 e. The molecule has 0 aromatic carbocycles. The molecule has 3 heteroatoms. The summed E-state index contributed by atoms with van der Waals surface area (Å²) in [5.41, 5.74) is 0. The molecule has 1 aliphatic heterocycles. The molecule has 9 heavy (non-hydrogen) atoms. The van der Waals surface area contributed by atoms with Crippen molar-refractivity contribution in [1.29, 1.82) is 0 Å². The lowest BCUT2D eigenvalue weighted by atomic mass is 10.7. The van der Waals surface area contributed by atoms with Crippen molar-refractivity contribution in [2.45, 2.75) is 6.92 Å². The lowest BCUT2D eigenvalue weighted by molar-refractivity contribution is 0.361. The molecular formula is C6H13N3. The van der Waals surface area contributed by atoms with Gasteiger partial charge in [0.25, 0.3) is 0 Å². The summed E-state index contributed by atoms with van der Waals surface area (Å²) >= 11 is 0. The monoisotopic (exact) mass is 127 g/mol. The molecule has 1 rings (SSSR count).